The molecule has 0 saturated carbocycles. The standard InChI is InChI=1S/C14H12FN5O2/c1-22-14(21)20-13-18-11-6-10(7-16-12(11)19-13)17-9-4-2-3-8(15)5-9/h2-7,17H,1H3,(H2,16,18,19,20,21). The van der Waals surface area contributed by atoms with Crippen molar-refractivity contribution >= 4 is 34.6 Å². The van der Waals surface area contributed by atoms with Gasteiger partial charge in [0.2, 0.25) is 5.95 Å². The summed E-state index contributed by atoms with van der Waals surface area (Å²) in [6.45, 7) is 0. The average Bonchev–Trinajstić information content (AvgIpc) is 2.88. The zero-order valence-electron chi connectivity index (χ0n) is 11.6. The molecule has 8 heteroatoms. The number of carbonyl (C=O) groups is 1. The highest BCUT2D eigenvalue weighted by Gasteiger charge is 2.08. The maximum atomic E-state index is 13.2. The van der Waals surface area contributed by atoms with E-state index in [1.165, 1.54) is 19.2 Å². The van der Waals surface area contributed by atoms with Gasteiger partial charge in [-0.15, -0.1) is 0 Å². The lowest BCUT2D eigenvalue weighted by atomic mass is 10.3. The van der Waals surface area contributed by atoms with Crippen molar-refractivity contribution in [2.75, 3.05) is 17.7 Å². The van der Waals surface area contributed by atoms with Crippen molar-refractivity contribution < 1.29 is 13.9 Å². The summed E-state index contributed by atoms with van der Waals surface area (Å²) < 4.78 is 17.6. The summed E-state index contributed by atoms with van der Waals surface area (Å²) in [6, 6.07) is 7.81. The first kappa shape index (κ1) is 13.8. The Hall–Kier alpha value is -3.16. The number of hydrogen-bond donors (Lipinski definition) is 3. The van der Waals surface area contributed by atoms with Crippen LogP contribution in [0, 0.1) is 5.82 Å². The second kappa shape index (κ2) is 5.68. The number of fused-ring (bicyclic) bond motifs is 1. The number of anilines is 3. The number of nitrogens with zero attached hydrogens (tertiary/aromatic N) is 2. The van der Waals surface area contributed by atoms with E-state index in [0.717, 1.165) is 0 Å². The van der Waals surface area contributed by atoms with E-state index in [-0.39, 0.29) is 11.8 Å². The van der Waals surface area contributed by atoms with E-state index in [1.54, 1.807) is 24.4 Å². The number of rotatable bonds is 3. The molecule has 1 aromatic carbocycles. The number of halogens is 1. The molecule has 3 aromatic rings. The summed E-state index contributed by atoms with van der Waals surface area (Å²) in [5, 5.41) is 5.45. The van der Waals surface area contributed by atoms with Crippen molar-refractivity contribution in [3.05, 3.63) is 42.3 Å². The Morgan fingerprint density at radius 1 is 1.32 bits per heavy atom. The Labute approximate surface area is 124 Å². The van der Waals surface area contributed by atoms with Crippen LogP contribution in [0.5, 0.6) is 0 Å². The number of carbonyl (C=O) groups excluding carboxylic acids is 1. The van der Waals surface area contributed by atoms with Gasteiger partial charge in [0.15, 0.2) is 5.65 Å². The Kier molecular flexibility index (Phi) is 3.57. The first-order valence-electron chi connectivity index (χ1n) is 6.37. The largest absolute Gasteiger partial charge is 0.453 e. The molecule has 0 saturated heterocycles. The molecule has 2 aromatic heterocycles. The first-order valence-corrected chi connectivity index (χ1v) is 6.37. The van der Waals surface area contributed by atoms with Crippen molar-refractivity contribution in [3.63, 3.8) is 0 Å². The fourth-order valence-electron chi connectivity index (χ4n) is 1.90. The zero-order chi connectivity index (χ0) is 15.5. The fraction of sp³-hybridized carbons (Fsp3) is 0.0714. The van der Waals surface area contributed by atoms with Gasteiger partial charge in [-0.25, -0.2) is 19.2 Å². The van der Waals surface area contributed by atoms with Crippen LogP contribution in [0.2, 0.25) is 0 Å². The molecule has 0 spiro atoms. The van der Waals surface area contributed by atoms with Gasteiger partial charge in [-0.3, -0.25) is 5.32 Å². The second-order valence-corrected chi connectivity index (χ2v) is 4.43. The van der Waals surface area contributed by atoms with Gasteiger partial charge >= 0.3 is 6.09 Å². The lowest BCUT2D eigenvalue weighted by Crippen LogP contribution is -2.11. The van der Waals surface area contributed by atoms with Gasteiger partial charge in [0.1, 0.15) is 11.3 Å². The molecule has 0 unspecified atom stereocenters. The smallest absolute Gasteiger partial charge is 0.413 e. The normalized spacial score (nSPS) is 10.5. The van der Waals surface area contributed by atoms with Crippen molar-refractivity contribution in [1.82, 2.24) is 15.0 Å². The number of ether oxygens (including phenoxy) is 1. The van der Waals surface area contributed by atoms with Gasteiger partial charge in [0.05, 0.1) is 19.0 Å². The Morgan fingerprint density at radius 3 is 2.95 bits per heavy atom. The summed E-state index contributed by atoms with van der Waals surface area (Å²) in [5.74, 6) is -0.0966. The minimum absolute atomic E-state index is 0.234. The highest BCUT2D eigenvalue weighted by molar-refractivity contribution is 5.86. The zero-order valence-corrected chi connectivity index (χ0v) is 11.6. The van der Waals surface area contributed by atoms with E-state index in [2.05, 4.69) is 30.3 Å². The SMILES string of the molecule is COC(=O)Nc1nc2cc(Nc3cccc(F)c3)cnc2[nH]1. The molecule has 0 aliphatic carbocycles. The Bertz CT molecular complexity index is 833. The molecular weight excluding hydrogens is 289 g/mol. The minimum atomic E-state index is -0.628. The van der Waals surface area contributed by atoms with Crippen LogP contribution >= 0.6 is 0 Å². The molecule has 0 atom stereocenters. The molecule has 0 fully saturated rings. The van der Waals surface area contributed by atoms with E-state index in [1.807, 2.05) is 0 Å². The Morgan fingerprint density at radius 2 is 2.18 bits per heavy atom. The number of pyridine rings is 1. The van der Waals surface area contributed by atoms with Crippen LogP contribution in [0.4, 0.5) is 26.5 Å². The van der Waals surface area contributed by atoms with Crippen LogP contribution in [-0.2, 0) is 4.74 Å². The molecule has 7 nitrogen and oxygen atoms in total. The van der Waals surface area contributed by atoms with E-state index in [9.17, 15) is 9.18 Å². The third-order valence-corrected chi connectivity index (χ3v) is 2.86. The molecule has 2 heterocycles. The first-order chi connectivity index (χ1) is 10.6. The maximum Gasteiger partial charge on any atom is 0.413 e. The quantitative estimate of drug-likeness (QED) is 0.691. The number of imidazole rings is 1. The van der Waals surface area contributed by atoms with E-state index >= 15 is 0 Å². The summed E-state index contributed by atoms with van der Waals surface area (Å²) in [7, 11) is 1.26. The van der Waals surface area contributed by atoms with E-state index in [0.29, 0.717) is 22.5 Å². The molecular formula is C14H12FN5O2. The number of benzene rings is 1. The molecule has 3 rings (SSSR count). The molecule has 112 valence electrons. The number of aromatic nitrogens is 3. The maximum absolute atomic E-state index is 13.2. The van der Waals surface area contributed by atoms with Gasteiger partial charge in [-0.2, -0.15) is 0 Å². The number of amides is 1. The fourth-order valence-corrected chi connectivity index (χ4v) is 1.90. The van der Waals surface area contributed by atoms with Crippen molar-refractivity contribution in [3.8, 4) is 0 Å². The predicted molar refractivity (Wildman–Crippen MR) is 79.6 cm³/mol. The summed E-state index contributed by atoms with van der Waals surface area (Å²) in [6.07, 6.45) is 0.949. The molecule has 1 amide bonds. The molecule has 0 aliphatic heterocycles. The topological polar surface area (TPSA) is 91.9 Å². The van der Waals surface area contributed by atoms with Crippen LogP contribution < -0.4 is 10.6 Å². The molecule has 22 heavy (non-hydrogen) atoms. The van der Waals surface area contributed by atoms with Crippen LogP contribution in [-0.4, -0.2) is 28.2 Å². The molecule has 0 radical (unpaired) electrons. The van der Waals surface area contributed by atoms with Gasteiger partial charge in [0.25, 0.3) is 0 Å². The van der Waals surface area contributed by atoms with Gasteiger partial charge in [-0.05, 0) is 24.3 Å². The molecule has 0 bridgehead atoms. The molecule has 0 aliphatic rings. The van der Waals surface area contributed by atoms with E-state index in [4.69, 9.17) is 0 Å². The number of aromatic amines is 1. The van der Waals surface area contributed by atoms with Crippen LogP contribution in [0.3, 0.4) is 0 Å². The monoisotopic (exact) mass is 301 g/mol. The van der Waals surface area contributed by atoms with Crippen LogP contribution in [0.25, 0.3) is 11.2 Å². The molecule has 3 N–H and O–H groups in total. The average molecular weight is 301 g/mol. The number of hydrogen-bond acceptors (Lipinski definition) is 5. The third kappa shape index (κ3) is 2.95. The van der Waals surface area contributed by atoms with Crippen molar-refractivity contribution in [2.24, 2.45) is 0 Å². The lowest BCUT2D eigenvalue weighted by molar-refractivity contribution is 0.186. The minimum Gasteiger partial charge on any atom is -0.453 e. The Balaban J connectivity index is 1.84. The van der Waals surface area contributed by atoms with Gasteiger partial charge in [0, 0.05) is 5.69 Å². The van der Waals surface area contributed by atoms with Gasteiger partial charge < -0.3 is 15.0 Å². The highest BCUT2D eigenvalue weighted by atomic mass is 19.1. The van der Waals surface area contributed by atoms with Gasteiger partial charge in [-0.1, -0.05) is 6.07 Å². The number of methoxy groups -OCH3 is 1. The van der Waals surface area contributed by atoms with Crippen LogP contribution in [0.15, 0.2) is 36.5 Å². The highest BCUT2D eigenvalue weighted by Crippen LogP contribution is 2.20. The number of nitrogens with one attached hydrogen (secondary N) is 3. The number of H-pyrrole nitrogens is 1. The summed E-state index contributed by atoms with van der Waals surface area (Å²) >= 11 is 0. The summed E-state index contributed by atoms with van der Waals surface area (Å²) in [5.41, 5.74) is 2.31. The summed E-state index contributed by atoms with van der Waals surface area (Å²) in [4.78, 5) is 22.3. The van der Waals surface area contributed by atoms with Crippen molar-refractivity contribution in [1.29, 1.82) is 0 Å². The van der Waals surface area contributed by atoms with E-state index < -0.39 is 6.09 Å². The lowest BCUT2D eigenvalue weighted by Gasteiger charge is -2.05. The second-order valence-electron chi connectivity index (χ2n) is 4.43. The van der Waals surface area contributed by atoms with Crippen molar-refractivity contribution in [2.45, 2.75) is 0 Å². The predicted octanol–water partition coefficient (Wildman–Crippen LogP) is 3.02. The van der Waals surface area contributed by atoms with Crippen LogP contribution in [0.1, 0.15) is 0 Å². The third-order valence-electron chi connectivity index (χ3n) is 2.86.